The molecule has 0 atom stereocenters. The van der Waals surface area contributed by atoms with Crippen molar-refractivity contribution in [3.63, 3.8) is 0 Å². The van der Waals surface area contributed by atoms with E-state index in [1.807, 2.05) is 0 Å². The number of hydrogen-bond donors (Lipinski definition) is 0. The highest BCUT2D eigenvalue weighted by atomic mass is 15.1. The molecule has 0 aromatic heterocycles. The van der Waals surface area contributed by atoms with Crippen molar-refractivity contribution in [3.05, 3.63) is 35.4 Å². The molecule has 2 heteroatoms. The molecule has 0 saturated carbocycles. The number of benzene rings is 1. The van der Waals surface area contributed by atoms with Crippen LogP contribution in [0.2, 0.25) is 0 Å². The monoisotopic (exact) mass is 388 g/mol. The van der Waals surface area contributed by atoms with Gasteiger partial charge in [0, 0.05) is 13.1 Å². The van der Waals surface area contributed by atoms with Gasteiger partial charge in [-0.15, -0.1) is 0 Å². The molecular formula is C26H48N2. The summed E-state index contributed by atoms with van der Waals surface area (Å²) < 4.78 is 0. The first-order valence-electron chi connectivity index (χ1n) is 12.1. The van der Waals surface area contributed by atoms with Crippen molar-refractivity contribution in [2.24, 2.45) is 0 Å². The van der Waals surface area contributed by atoms with Gasteiger partial charge < -0.3 is 9.80 Å². The minimum Gasteiger partial charge on any atom is -0.302 e. The molecule has 0 aliphatic heterocycles. The molecule has 1 rings (SSSR count). The second-order valence-corrected chi connectivity index (χ2v) is 8.83. The minimum absolute atomic E-state index is 1.07. The SMILES string of the molecule is CCCCCCCCN(C)Cc1cccc(CN(C)CCCCCCCC)c1. The number of rotatable bonds is 18. The molecule has 0 spiro atoms. The first-order valence-corrected chi connectivity index (χ1v) is 12.1. The molecule has 0 unspecified atom stereocenters. The molecule has 0 aliphatic carbocycles. The van der Waals surface area contributed by atoms with Crippen LogP contribution in [-0.4, -0.2) is 37.0 Å². The fraction of sp³-hybridized carbons (Fsp3) is 0.769. The molecule has 162 valence electrons. The zero-order valence-corrected chi connectivity index (χ0v) is 19.5. The summed E-state index contributed by atoms with van der Waals surface area (Å²) in [6, 6.07) is 9.22. The lowest BCUT2D eigenvalue weighted by Gasteiger charge is -2.19. The topological polar surface area (TPSA) is 6.48 Å². The second kappa shape index (κ2) is 17.0. The third-order valence-corrected chi connectivity index (χ3v) is 5.68. The van der Waals surface area contributed by atoms with Crippen LogP contribution in [0.15, 0.2) is 24.3 Å². The molecule has 0 N–H and O–H groups in total. The normalized spacial score (nSPS) is 11.6. The Balaban J connectivity index is 2.23. The molecule has 1 aromatic carbocycles. The zero-order valence-electron chi connectivity index (χ0n) is 19.5. The van der Waals surface area contributed by atoms with E-state index in [9.17, 15) is 0 Å². The van der Waals surface area contributed by atoms with Gasteiger partial charge in [0.05, 0.1) is 0 Å². The molecule has 0 heterocycles. The smallest absolute Gasteiger partial charge is 0.0230 e. The van der Waals surface area contributed by atoms with Gasteiger partial charge in [-0.05, 0) is 51.2 Å². The van der Waals surface area contributed by atoms with E-state index < -0.39 is 0 Å². The summed E-state index contributed by atoms with van der Waals surface area (Å²) in [4.78, 5) is 4.97. The first-order chi connectivity index (χ1) is 13.7. The van der Waals surface area contributed by atoms with E-state index in [4.69, 9.17) is 0 Å². The molecule has 1 aromatic rings. The van der Waals surface area contributed by atoms with Gasteiger partial charge in [-0.1, -0.05) is 102 Å². The zero-order chi connectivity index (χ0) is 20.5. The Morgan fingerprint density at radius 1 is 0.571 bits per heavy atom. The van der Waals surface area contributed by atoms with Crippen molar-refractivity contribution in [3.8, 4) is 0 Å². The van der Waals surface area contributed by atoms with Crippen LogP contribution < -0.4 is 0 Å². The fourth-order valence-corrected chi connectivity index (χ4v) is 3.93. The highest BCUT2D eigenvalue weighted by Crippen LogP contribution is 2.12. The predicted octanol–water partition coefficient (Wildman–Crippen LogP) is 7.27. The van der Waals surface area contributed by atoms with Gasteiger partial charge in [0.15, 0.2) is 0 Å². The molecule has 0 saturated heterocycles. The summed E-state index contributed by atoms with van der Waals surface area (Å²) >= 11 is 0. The van der Waals surface area contributed by atoms with Gasteiger partial charge in [0.25, 0.3) is 0 Å². The van der Waals surface area contributed by atoms with E-state index in [0.717, 1.165) is 13.1 Å². The lowest BCUT2D eigenvalue weighted by molar-refractivity contribution is 0.311. The molecule has 0 bridgehead atoms. The molecule has 0 radical (unpaired) electrons. The Morgan fingerprint density at radius 3 is 1.39 bits per heavy atom. The summed E-state index contributed by atoms with van der Waals surface area (Å²) in [6.45, 7) is 9.15. The van der Waals surface area contributed by atoms with Crippen LogP contribution in [0.4, 0.5) is 0 Å². The molecule has 0 aliphatic rings. The van der Waals surface area contributed by atoms with Crippen LogP contribution in [0.5, 0.6) is 0 Å². The third-order valence-electron chi connectivity index (χ3n) is 5.68. The van der Waals surface area contributed by atoms with Crippen LogP contribution in [0.1, 0.15) is 102 Å². The van der Waals surface area contributed by atoms with E-state index in [2.05, 4.69) is 62.0 Å². The standard InChI is InChI=1S/C26H48N2/c1-5-7-9-11-13-15-20-27(3)23-25-18-17-19-26(22-25)24-28(4)21-16-14-12-10-8-6-2/h17-19,22H,5-16,20-21,23-24H2,1-4H3. The van der Waals surface area contributed by atoms with Gasteiger partial charge in [-0.25, -0.2) is 0 Å². The van der Waals surface area contributed by atoms with Crippen molar-refractivity contribution in [1.29, 1.82) is 0 Å². The van der Waals surface area contributed by atoms with Crippen molar-refractivity contribution in [2.45, 2.75) is 104 Å². The van der Waals surface area contributed by atoms with Gasteiger partial charge in [-0.2, -0.15) is 0 Å². The number of unbranched alkanes of at least 4 members (excludes halogenated alkanes) is 10. The Labute approximate surface area is 176 Å². The Hall–Kier alpha value is -0.860. The Kier molecular flexibility index (Phi) is 15.3. The summed E-state index contributed by atoms with van der Waals surface area (Å²) in [5, 5.41) is 0. The average Bonchev–Trinajstić information content (AvgIpc) is 2.67. The summed E-state index contributed by atoms with van der Waals surface area (Å²) in [6.07, 6.45) is 16.5. The molecule has 2 nitrogen and oxygen atoms in total. The fourth-order valence-electron chi connectivity index (χ4n) is 3.93. The van der Waals surface area contributed by atoms with Crippen LogP contribution in [0.25, 0.3) is 0 Å². The molecular weight excluding hydrogens is 340 g/mol. The first kappa shape index (κ1) is 25.2. The van der Waals surface area contributed by atoms with Crippen molar-refractivity contribution < 1.29 is 0 Å². The van der Waals surface area contributed by atoms with E-state index in [1.54, 1.807) is 0 Å². The molecule has 28 heavy (non-hydrogen) atoms. The predicted molar refractivity (Wildman–Crippen MR) is 126 cm³/mol. The van der Waals surface area contributed by atoms with E-state index in [0.29, 0.717) is 0 Å². The second-order valence-electron chi connectivity index (χ2n) is 8.83. The highest BCUT2D eigenvalue weighted by molar-refractivity contribution is 5.23. The third kappa shape index (κ3) is 13.3. The highest BCUT2D eigenvalue weighted by Gasteiger charge is 2.04. The van der Waals surface area contributed by atoms with Crippen LogP contribution in [0, 0.1) is 0 Å². The van der Waals surface area contributed by atoms with Crippen molar-refractivity contribution in [1.82, 2.24) is 9.80 Å². The Bertz CT molecular complexity index is 432. The van der Waals surface area contributed by atoms with Gasteiger partial charge in [-0.3, -0.25) is 0 Å². The van der Waals surface area contributed by atoms with Crippen LogP contribution in [0.3, 0.4) is 0 Å². The lowest BCUT2D eigenvalue weighted by Crippen LogP contribution is -2.20. The van der Waals surface area contributed by atoms with E-state index in [1.165, 1.54) is 101 Å². The maximum Gasteiger partial charge on any atom is 0.0230 e. The lowest BCUT2D eigenvalue weighted by atomic mass is 10.1. The maximum atomic E-state index is 2.49. The van der Waals surface area contributed by atoms with Gasteiger partial charge >= 0.3 is 0 Å². The average molecular weight is 389 g/mol. The minimum atomic E-state index is 1.07. The summed E-state index contributed by atoms with van der Waals surface area (Å²) in [7, 11) is 4.53. The molecule has 0 fully saturated rings. The summed E-state index contributed by atoms with van der Waals surface area (Å²) in [5.41, 5.74) is 2.91. The van der Waals surface area contributed by atoms with Gasteiger partial charge in [0.1, 0.15) is 0 Å². The van der Waals surface area contributed by atoms with Crippen molar-refractivity contribution >= 4 is 0 Å². The Morgan fingerprint density at radius 2 is 0.964 bits per heavy atom. The number of nitrogens with zero attached hydrogens (tertiary/aromatic N) is 2. The van der Waals surface area contributed by atoms with Crippen LogP contribution in [-0.2, 0) is 13.1 Å². The van der Waals surface area contributed by atoms with Crippen LogP contribution >= 0.6 is 0 Å². The number of hydrogen-bond acceptors (Lipinski definition) is 2. The van der Waals surface area contributed by atoms with Gasteiger partial charge in [0.2, 0.25) is 0 Å². The van der Waals surface area contributed by atoms with E-state index in [-0.39, 0.29) is 0 Å². The quantitative estimate of drug-likeness (QED) is 0.244. The largest absolute Gasteiger partial charge is 0.302 e. The van der Waals surface area contributed by atoms with Crippen molar-refractivity contribution in [2.75, 3.05) is 27.2 Å². The molecule has 0 amide bonds. The summed E-state index contributed by atoms with van der Waals surface area (Å²) in [5.74, 6) is 0. The maximum absolute atomic E-state index is 2.49. The van der Waals surface area contributed by atoms with E-state index >= 15 is 0 Å².